The van der Waals surface area contributed by atoms with Crippen molar-refractivity contribution >= 4 is 12.0 Å². The zero-order valence-corrected chi connectivity index (χ0v) is 22.4. The Bertz CT molecular complexity index is 1380. The molecule has 39 heavy (non-hydrogen) atoms. The van der Waals surface area contributed by atoms with Gasteiger partial charge in [0.15, 0.2) is 16.9 Å². The average molecular weight is 534 g/mol. The normalized spacial score (nSPS) is 17.5. The van der Waals surface area contributed by atoms with Crippen LogP contribution in [0.15, 0.2) is 40.8 Å². The molecule has 1 aliphatic carbocycles. The third kappa shape index (κ3) is 5.88. The summed E-state index contributed by atoms with van der Waals surface area (Å²) in [5.41, 5.74) is 2.10. The fourth-order valence-corrected chi connectivity index (χ4v) is 5.21. The lowest BCUT2D eigenvalue weighted by atomic mass is 10.1. The molecule has 2 fully saturated rings. The van der Waals surface area contributed by atoms with Gasteiger partial charge in [-0.25, -0.2) is 14.5 Å². The third-order valence-electron chi connectivity index (χ3n) is 7.36. The van der Waals surface area contributed by atoms with Crippen molar-refractivity contribution in [2.45, 2.75) is 57.7 Å². The highest BCUT2D eigenvalue weighted by atomic mass is 16.6. The van der Waals surface area contributed by atoms with Gasteiger partial charge in [-0.3, -0.25) is 10.2 Å². The van der Waals surface area contributed by atoms with Crippen molar-refractivity contribution in [2.24, 2.45) is 0 Å². The fraction of sp³-hybridized carbons (Fsp3) is 0.464. The molecule has 5 rings (SSSR count). The Morgan fingerprint density at radius 2 is 1.85 bits per heavy atom. The Balaban J connectivity index is 1.28. The zero-order chi connectivity index (χ0) is 27.4. The van der Waals surface area contributed by atoms with Gasteiger partial charge in [0, 0.05) is 38.3 Å². The number of nitrogens with zero attached hydrogens (tertiary/aromatic N) is 4. The summed E-state index contributed by atoms with van der Waals surface area (Å²) in [6, 6.07) is 12.1. The van der Waals surface area contributed by atoms with E-state index in [1.807, 2.05) is 37.3 Å². The maximum atomic E-state index is 12.5. The van der Waals surface area contributed by atoms with Crippen LogP contribution < -0.4 is 16.1 Å². The smallest absolute Gasteiger partial charge is 0.409 e. The van der Waals surface area contributed by atoms with Gasteiger partial charge >= 0.3 is 6.09 Å². The molecular formula is C28H35N7O4. The number of ether oxygens (including phenoxy) is 1. The number of rotatable bonds is 8. The van der Waals surface area contributed by atoms with E-state index < -0.39 is 5.91 Å². The maximum absolute atomic E-state index is 12.5. The number of amides is 2. The van der Waals surface area contributed by atoms with Crippen LogP contribution in [-0.4, -0.2) is 64.5 Å². The van der Waals surface area contributed by atoms with Crippen molar-refractivity contribution in [3.63, 3.8) is 0 Å². The Hall–Kier alpha value is -3.99. The Labute approximate surface area is 227 Å². The molecule has 3 N–H and O–H groups in total. The van der Waals surface area contributed by atoms with Crippen molar-refractivity contribution in [1.82, 2.24) is 30.3 Å². The Morgan fingerprint density at radius 3 is 2.56 bits per heavy atom. The number of benzene rings is 1. The fourth-order valence-electron chi connectivity index (χ4n) is 5.21. The molecule has 0 bridgehead atoms. The molecule has 1 aromatic carbocycles. The largest absolute Gasteiger partial charge is 0.453 e. The Morgan fingerprint density at radius 1 is 1.10 bits per heavy atom. The summed E-state index contributed by atoms with van der Waals surface area (Å²) in [6.07, 6.45) is 4.66. The second-order valence-electron chi connectivity index (χ2n) is 9.97. The van der Waals surface area contributed by atoms with E-state index in [0.29, 0.717) is 37.8 Å². The first-order valence-electron chi connectivity index (χ1n) is 13.6. The molecule has 2 aliphatic rings. The summed E-state index contributed by atoms with van der Waals surface area (Å²) in [5, 5.41) is 19.2. The van der Waals surface area contributed by atoms with Gasteiger partial charge in [0.25, 0.3) is 5.91 Å². The predicted octanol–water partition coefficient (Wildman–Crippen LogP) is 3.48. The summed E-state index contributed by atoms with van der Waals surface area (Å²) in [4.78, 5) is 30.5. The van der Waals surface area contributed by atoms with Crippen LogP contribution in [0.1, 0.15) is 61.1 Å². The molecule has 11 heteroatoms. The molecule has 206 valence electrons. The van der Waals surface area contributed by atoms with E-state index in [2.05, 4.69) is 20.7 Å². The minimum absolute atomic E-state index is 0.0205. The van der Waals surface area contributed by atoms with Gasteiger partial charge in [-0.05, 0) is 43.9 Å². The van der Waals surface area contributed by atoms with E-state index in [9.17, 15) is 9.59 Å². The van der Waals surface area contributed by atoms with Crippen molar-refractivity contribution in [1.29, 1.82) is 5.41 Å². The van der Waals surface area contributed by atoms with Crippen molar-refractivity contribution in [3.8, 4) is 22.9 Å². The van der Waals surface area contributed by atoms with Gasteiger partial charge < -0.3 is 24.7 Å². The van der Waals surface area contributed by atoms with Gasteiger partial charge in [0.1, 0.15) is 5.76 Å². The molecule has 1 aliphatic heterocycles. The number of aromatic nitrogens is 3. The van der Waals surface area contributed by atoms with Crippen LogP contribution in [0.25, 0.3) is 22.9 Å². The van der Waals surface area contributed by atoms with E-state index in [0.717, 1.165) is 43.2 Å². The van der Waals surface area contributed by atoms with Crippen LogP contribution >= 0.6 is 0 Å². The molecule has 11 nitrogen and oxygen atoms in total. The monoisotopic (exact) mass is 533 g/mol. The summed E-state index contributed by atoms with van der Waals surface area (Å²) in [7, 11) is 1.53. The number of nitrogens with one attached hydrogen (secondary N) is 3. The lowest BCUT2D eigenvalue weighted by Crippen LogP contribution is -2.36. The number of carbonyl (C=O) groups is 2. The number of hydrogen-bond acceptors (Lipinski definition) is 8. The highest BCUT2D eigenvalue weighted by Crippen LogP contribution is 2.30. The highest BCUT2D eigenvalue weighted by Gasteiger charge is 2.27. The molecule has 0 spiro atoms. The summed E-state index contributed by atoms with van der Waals surface area (Å²) in [6.45, 7) is 4.25. The second kappa shape index (κ2) is 11.8. The first-order chi connectivity index (χ1) is 19.0. The molecule has 2 aromatic heterocycles. The van der Waals surface area contributed by atoms with Crippen molar-refractivity contribution in [3.05, 3.63) is 53.1 Å². The van der Waals surface area contributed by atoms with Crippen LogP contribution in [0.4, 0.5) is 4.79 Å². The molecule has 1 saturated heterocycles. The van der Waals surface area contributed by atoms with Crippen LogP contribution in [0.2, 0.25) is 0 Å². The van der Waals surface area contributed by atoms with Gasteiger partial charge in [-0.1, -0.05) is 37.1 Å². The average Bonchev–Trinajstić information content (AvgIpc) is 3.74. The number of hydrogen-bond donors (Lipinski definition) is 3. The summed E-state index contributed by atoms with van der Waals surface area (Å²) < 4.78 is 12.8. The minimum Gasteiger partial charge on any atom is -0.453 e. The highest BCUT2D eigenvalue weighted by molar-refractivity contribution is 5.91. The lowest BCUT2D eigenvalue weighted by molar-refractivity contribution is 0.0953. The van der Waals surface area contributed by atoms with Crippen LogP contribution in [-0.2, 0) is 11.3 Å². The SMILES string of the molecule is CCOC(=O)N1CCC(NCc2ccc(-c3ccc(-c4nc(C(=O)NC)c(=N)n(C5CCCC5)n4)o3)cc2)C1. The van der Waals surface area contributed by atoms with Gasteiger partial charge in [0.05, 0.1) is 12.6 Å². The molecular weight excluding hydrogens is 498 g/mol. The number of furan rings is 1. The van der Waals surface area contributed by atoms with Crippen molar-refractivity contribution in [2.75, 3.05) is 26.7 Å². The zero-order valence-electron chi connectivity index (χ0n) is 22.4. The number of carbonyl (C=O) groups excluding carboxylic acids is 2. The van der Waals surface area contributed by atoms with Crippen LogP contribution in [0, 0.1) is 5.41 Å². The van der Waals surface area contributed by atoms with Gasteiger partial charge in [0.2, 0.25) is 5.82 Å². The Kier molecular flexibility index (Phi) is 8.06. The van der Waals surface area contributed by atoms with E-state index in [1.165, 1.54) is 7.05 Å². The summed E-state index contributed by atoms with van der Waals surface area (Å²) in [5.74, 6) is 0.979. The number of likely N-dealkylation sites (tertiary alicyclic amines) is 1. The first-order valence-corrected chi connectivity index (χ1v) is 13.6. The van der Waals surface area contributed by atoms with Gasteiger partial charge in [-0.2, -0.15) is 0 Å². The predicted molar refractivity (Wildman–Crippen MR) is 144 cm³/mol. The third-order valence-corrected chi connectivity index (χ3v) is 7.36. The molecule has 1 saturated carbocycles. The molecule has 0 radical (unpaired) electrons. The second-order valence-corrected chi connectivity index (χ2v) is 9.97. The van der Waals surface area contributed by atoms with E-state index in [4.69, 9.17) is 14.6 Å². The standard InChI is InChI=1S/C28H35N7O4/c1-3-38-28(37)34-15-14-20(17-34)31-16-18-8-10-19(11-9-18)22-12-13-23(39-22)26-32-24(27(36)30-2)25(29)35(33-26)21-6-4-5-7-21/h8-13,20-21,29,31H,3-7,14-17H2,1-2H3,(H,30,36). The van der Waals surface area contributed by atoms with E-state index in [-0.39, 0.29) is 35.2 Å². The summed E-state index contributed by atoms with van der Waals surface area (Å²) >= 11 is 0. The molecule has 3 heterocycles. The van der Waals surface area contributed by atoms with Crippen LogP contribution in [0.5, 0.6) is 0 Å². The quantitative estimate of drug-likeness (QED) is 0.403. The molecule has 1 atom stereocenters. The molecule has 3 aromatic rings. The van der Waals surface area contributed by atoms with Gasteiger partial charge in [-0.15, -0.1) is 5.10 Å². The van der Waals surface area contributed by atoms with E-state index in [1.54, 1.807) is 15.6 Å². The first kappa shape index (κ1) is 26.6. The minimum atomic E-state index is -0.419. The molecule has 1 unspecified atom stereocenters. The maximum Gasteiger partial charge on any atom is 0.409 e. The lowest BCUT2D eigenvalue weighted by Gasteiger charge is -2.16. The van der Waals surface area contributed by atoms with Crippen LogP contribution in [0.3, 0.4) is 0 Å². The van der Waals surface area contributed by atoms with E-state index >= 15 is 0 Å². The topological polar surface area (TPSA) is 138 Å². The van der Waals surface area contributed by atoms with Crippen molar-refractivity contribution < 1.29 is 18.7 Å². The molecule has 2 amide bonds.